The minimum atomic E-state index is -0.421. The third-order valence-corrected chi connectivity index (χ3v) is 4.04. The van der Waals surface area contributed by atoms with Crippen LogP contribution in [-0.4, -0.2) is 6.54 Å². The van der Waals surface area contributed by atoms with Crippen LogP contribution in [0.15, 0.2) is 15.0 Å². The minimum absolute atomic E-state index is 0.0393. The number of fused-ring (bicyclic) bond motifs is 1. The number of rotatable bonds is 4. The van der Waals surface area contributed by atoms with Gasteiger partial charge in [0.15, 0.2) is 11.4 Å². The van der Waals surface area contributed by atoms with Gasteiger partial charge in [-0.2, -0.15) is 0 Å². The van der Waals surface area contributed by atoms with E-state index in [9.17, 15) is 4.39 Å². The van der Waals surface area contributed by atoms with Gasteiger partial charge in [-0.15, -0.1) is 0 Å². The normalized spacial score (nSPS) is 13.2. The zero-order valence-electron chi connectivity index (χ0n) is 11.1. The molecule has 1 heterocycles. The molecule has 1 atom stereocenters. The summed E-state index contributed by atoms with van der Waals surface area (Å²) in [5.41, 5.74) is 1.31. The van der Waals surface area contributed by atoms with Gasteiger partial charge in [0.25, 0.3) is 0 Å². The van der Waals surface area contributed by atoms with Crippen molar-refractivity contribution in [1.82, 2.24) is 5.32 Å². The highest BCUT2D eigenvalue weighted by Crippen LogP contribution is 2.38. The quantitative estimate of drug-likeness (QED) is 0.753. The van der Waals surface area contributed by atoms with Crippen LogP contribution in [0.4, 0.5) is 4.39 Å². The first-order valence-corrected chi connectivity index (χ1v) is 7.44. The Balaban J connectivity index is 2.57. The Morgan fingerprint density at radius 3 is 2.84 bits per heavy atom. The summed E-state index contributed by atoms with van der Waals surface area (Å²) in [6.07, 6.45) is 1.04. The SMILES string of the molecule is CCCNC(C)c1oc2c(Br)cc(Cl)c(F)c2c1C. The van der Waals surface area contributed by atoms with E-state index in [0.717, 1.165) is 24.3 Å². The highest BCUT2D eigenvalue weighted by molar-refractivity contribution is 9.10. The van der Waals surface area contributed by atoms with E-state index in [0.29, 0.717) is 15.4 Å². The summed E-state index contributed by atoms with van der Waals surface area (Å²) in [5, 5.41) is 3.90. The molecule has 1 aromatic heterocycles. The van der Waals surface area contributed by atoms with Gasteiger partial charge >= 0.3 is 0 Å². The van der Waals surface area contributed by atoms with Gasteiger partial charge < -0.3 is 9.73 Å². The molecule has 0 spiro atoms. The van der Waals surface area contributed by atoms with Gasteiger partial charge in [0.1, 0.15) is 5.76 Å². The molecule has 5 heteroatoms. The Labute approximate surface area is 125 Å². The van der Waals surface area contributed by atoms with E-state index in [2.05, 4.69) is 28.2 Å². The smallest absolute Gasteiger partial charge is 0.153 e. The Morgan fingerprint density at radius 2 is 2.21 bits per heavy atom. The monoisotopic (exact) mass is 347 g/mol. The standard InChI is InChI=1S/C14H16BrClFNO/c1-4-5-18-8(3)13-7(2)11-12(17)10(16)6-9(15)14(11)19-13/h6,8,18H,4-5H2,1-3H3. The fourth-order valence-corrected chi connectivity index (χ4v) is 3.03. The Kier molecular flexibility index (Phi) is 4.54. The van der Waals surface area contributed by atoms with Gasteiger partial charge in [-0.3, -0.25) is 0 Å². The molecule has 0 saturated carbocycles. The molecule has 1 unspecified atom stereocenters. The Morgan fingerprint density at radius 1 is 1.53 bits per heavy atom. The largest absolute Gasteiger partial charge is 0.458 e. The zero-order chi connectivity index (χ0) is 14.2. The third-order valence-electron chi connectivity index (χ3n) is 3.18. The average molecular weight is 349 g/mol. The van der Waals surface area contributed by atoms with Crippen LogP contribution in [0.25, 0.3) is 11.0 Å². The average Bonchev–Trinajstić information content (AvgIpc) is 2.72. The molecule has 0 aliphatic rings. The molecule has 2 nitrogen and oxygen atoms in total. The number of aryl methyl sites for hydroxylation is 1. The molecule has 0 amide bonds. The van der Waals surface area contributed by atoms with Crippen molar-refractivity contribution in [1.29, 1.82) is 0 Å². The molecule has 0 aliphatic heterocycles. The minimum Gasteiger partial charge on any atom is -0.458 e. The number of halogens is 3. The van der Waals surface area contributed by atoms with Gasteiger partial charge in [0.05, 0.1) is 20.9 Å². The van der Waals surface area contributed by atoms with Crippen molar-refractivity contribution in [3.05, 3.63) is 32.7 Å². The molecule has 1 N–H and O–H groups in total. The van der Waals surface area contributed by atoms with E-state index in [1.54, 1.807) is 0 Å². The van der Waals surface area contributed by atoms with E-state index in [1.165, 1.54) is 6.07 Å². The summed E-state index contributed by atoms with van der Waals surface area (Å²) in [6, 6.07) is 1.56. The van der Waals surface area contributed by atoms with Crippen molar-refractivity contribution >= 4 is 38.5 Å². The van der Waals surface area contributed by atoms with Crippen molar-refractivity contribution in [2.75, 3.05) is 6.54 Å². The molecule has 1 aromatic carbocycles. The first-order chi connectivity index (χ1) is 8.97. The first-order valence-electron chi connectivity index (χ1n) is 6.27. The van der Waals surface area contributed by atoms with Crippen LogP contribution in [-0.2, 0) is 0 Å². The van der Waals surface area contributed by atoms with Gasteiger partial charge in [-0.05, 0) is 48.8 Å². The first kappa shape index (κ1) is 14.8. The zero-order valence-corrected chi connectivity index (χ0v) is 13.5. The molecule has 0 aliphatic carbocycles. The number of furan rings is 1. The Bertz CT molecular complexity index is 611. The van der Waals surface area contributed by atoms with Gasteiger partial charge in [-0.25, -0.2) is 4.39 Å². The van der Waals surface area contributed by atoms with E-state index >= 15 is 0 Å². The predicted molar refractivity (Wildman–Crippen MR) is 80.3 cm³/mol. The predicted octanol–water partition coefficient (Wildman–Crippen LogP) is 5.36. The number of nitrogens with one attached hydrogen (secondary N) is 1. The highest BCUT2D eigenvalue weighted by atomic mass is 79.9. The molecule has 0 fully saturated rings. The molecule has 104 valence electrons. The lowest BCUT2D eigenvalue weighted by Gasteiger charge is -2.11. The fraction of sp³-hybridized carbons (Fsp3) is 0.429. The summed E-state index contributed by atoms with van der Waals surface area (Å²) < 4.78 is 20.6. The molecule has 0 bridgehead atoms. The lowest BCUT2D eigenvalue weighted by molar-refractivity contribution is 0.448. The van der Waals surface area contributed by atoms with Crippen LogP contribution < -0.4 is 5.32 Å². The summed E-state index contributed by atoms with van der Waals surface area (Å²) in [5.74, 6) is 0.334. The van der Waals surface area contributed by atoms with E-state index in [1.807, 2.05) is 13.8 Å². The lowest BCUT2D eigenvalue weighted by atomic mass is 10.1. The maximum atomic E-state index is 14.1. The van der Waals surface area contributed by atoms with Crippen molar-refractivity contribution in [2.24, 2.45) is 0 Å². The molecule has 19 heavy (non-hydrogen) atoms. The van der Waals surface area contributed by atoms with Crippen molar-refractivity contribution in [3.8, 4) is 0 Å². The van der Waals surface area contributed by atoms with Crippen molar-refractivity contribution in [2.45, 2.75) is 33.2 Å². The highest BCUT2D eigenvalue weighted by Gasteiger charge is 2.22. The van der Waals surface area contributed by atoms with Gasteiger partial charge in [0.2, 0.25) is 0 Å². The maximum Gasteiger partial charge on any atom is 0.153 e. The summed E-state index contributed by atoms with van der Waals surface area (Å²) in [6.45, 7) is 6.86. The van der Waals surface area contributed by atoms with Crippen LogP contribution in [0.3, 0.4) is 0 Å². The second-order valence-electron chi connectivity index (χ2n) is 4.63. The third kappa shape index (κ3) is 2.67. The molecular formula is C14H16BrClFNO. The second kappa shape index (κ2) is 5.81. The van der Waals surface area contributed by atoms with Crippen LogP contribution >= 0.6 is 27.5 Å². The topological polar surface area (TPSA) is 25.2 Å². The van der Waals surface area contributed by atoms with Crippen LogP contribution in [0.1, 0.15) is 37.6 Å². The number of hydrogen-bond donors (Lipinski definition) is 1. The van der Waals surface area contributed by atoms with E-state index in [-0.39, 0.29) is 11.1 Å². The summed E-state index contributed by atoms with van der Waals surface area (Å²) in [4.78, 5) is 0. The van der Waals surface area contributed by atoms with Crippen LogP contribution in [0.2, 0.25) is 5.02 Å². The summed E-state index contributed by atoms with van der Waals surface area (Å²) in [7, 11) is 0. The number of hydrogen-bond acceptors (Lipinski definition) is 2. The molecule has 2 aromatic rings. The Hall–Kier alpha value is -0.580. The molecule has 2 rings (SSSR count). The fourth-order valence-electron chi connectivity index (χ4n) is 2.19. The molecular weight excluding hydrogens is 333 g/mol. The molecule has 0 radical (unpaired) electrons. The van der Waals surface area contributed by atoms with E-state index < -0.39 is 5.82 Å². The second-order valence-corrected chi connectivity index (χ2v) is 5.89. The van der Waals surface area contributed by atoms with Crippen LogP contribution in [0.5, 0.6) is 0 Å². The van der Waals surface area contributed by atoms with Crippen molar-refractivity contribution in [3.63, 3.8) is 0 Å². The number of benzene rings is 1. The van der Waals surface area contributed by atoms with E-state index in [4.69, 9.17) is 16.0 Å². The van der Waals surface area contributed by atoms with Crippen LogP contribution in [0, 0.1) is 12.7 Å². The van der Waals surface area contributed by atoms with Crippen molar-refractivity contribution < 1.29 is 8.81 Å². The summed E-state index contributed by atoms with van der Waals surface area (Å²) >= 11 is 9.24. The lowest BCUT2D eigenvalue weighted by Crippen LogP contribution is -2.19. The maximum absolute atomic E-state index is 14.1. The van der Waals surface area contributed by atoms with Gasteiger partial charge in [-0.1, -0.05) is 18.5 Å². The molecule has 0 saturated heterocycles. The van der Waals surface area contributed by atoms with Gasteiger partial charge in [0, 0.05) is 5.56 Å².